The fourth-order valence-electron chi connectivity index (χ4n) is 3.25. The molecule has 2 amide bonds. The number of carbonyl (C=O) groups excluding carboxylic acids is 2. The van der Waals surface area contributed by atoms with E-state index in [4.69, 9.17) is 11.6 Å². The SMILES string of the molecule is Cc1cc2ncn(C3CC(=O)N(c4ccccc4Cl)C3=O)c2cc1C. The van der Waals surface area contributed by atoms with Gasteiger partial charge in [-0.25, -0.2) is 9.88 Å². The summed E-state index contributed by atoms with van der Waals surface area (Å²) in [6.45, 7) is 4.04. The summed E-state index contributed by atoms with van der Waals surface area (Å²) >= 11 is 6.18. The summed E-state index contributed by atoms with van der Waals surface area (Å²) in [5.74, 6) is -0.538. The van der Waals surface area contributed by atoms with Crippen molar-refractivity contribution < 1.29 is 9.59 Å². The summed E-state index contributed by atoms with van der Waals surface area (Å²) in [6, 6.07) is 10.3. The molecule has 2 aromatic carbocycles. The number of para-hydroxylation sites is 1. The Balaban J connectivity index is 1.78. The van der Waals surface area contributed by atoms with Crippen molar-refractivity contribution in [2.45, 2.75) is 26.3 Å². The minimum Gasteiger partial charge on any atom is -0.317 e. The molecule has 0 aliphatic carbocycles. The number of anilines is 1. The highest BCUT2D eigenvalue weighted by Crippen LogP contribution is 2.35. The highest BCUT2D eigenvalue weighted by Gasteiger charge is 2.41. The van der Waals surface area contributed by atoms with Crippen LogP contribution in [0.25, 0.3) is 11.0 Å². The molecule has 0 saturated carbocycles. The van der Waals surface area contributed by atoms with Crippen molar-refractivity contribution >= 4 is 40.1 Å². The molecule has 1 aromatic heterocycles. The van der Waals surface area contributed by atoms with Crippen molar-refractivity contribution in [3.8, 4) is 0 Å². The number of benzene rings is 2. The van der Waals surface area contributed by atoms with Crippen LogP contribution in [0.1, 0.15) is 23.6 Å². The number of hydrogen-bond donors (Lipinski definition) is 0. The van der Waals surface area contributed by atoms with Crippen molar-refractivity contribution in [1.29, 1.82) is 0 Å². The Morgan fingerprint density at radius 1 is 1.12 bits per heavy atom. The quantitative estimate of drug-likeness (QED) is 0.658. The van der Waals surface area contributed by atoms with E-state index in [1.54, 1.807) is 35.2 Å². The molecular formula is C19H16ClN3O2. The Kier molecular flexibility index (Phi) is 3.62. The maximum absolute atomic E-state index is 13.0. The molecule has 1 fully saturated rings. The van der Waals surface area contributed by atoms with Gasteiger partial charge in [0.05, 0.1) is 34.5 Å². The summed E-state index contributed by atoms with van der Waals surface area (Å²) in [4.78, 5) is 31.0. The molecule has 5 nitrogen and oxygen atoms in total. The van der Waals surface area contributed by atoms with E-state index in [1.807, 2.05) is 26.0 Å². The topological polar surface area (TPSA) is 55.2 Å². The van der Waals surface area contributed by atoms with Crippen molar-refractivity contribution in [2.75, 3.05) is 4.90 Å². The zero-order valence-electron chi connectivity index (χ0n) is 13.9. The van der Waals surface area contributed by atoms with Gasteiger partial charge in [-0.3, -0.25) is 9.59 Å². The molecule has 126 valence electrons. The molecule has 2 heterocycles. The van der Waals surface area contributed by atoms with Crippen LogP contribution in [0, 0.1) is 13.8 Å². The minimum absolute atomic E-state index is 0.0996. The molecule has 1 aliphatic rings. The highest BCUT2D eigenvalue weighted by molar-refractivity contribution is 6.36. The van der Waals surface area contributed by atoms with E-state index in [9.17, 15) is 9.59 Å². The van der Waals surface area contributed by atoms with Gasteiger partial charge in [-0.15, -0.1) is 0 Å². The van der Waals surface area contributed by atoms with Crippen LogP contribution in [-0.4, -0.2) is 21.4 Å². The summed E-state index contributed by atoms with van der Waals surface area (Å²) in [7, 11) is 0. The van der Waals surface area contributed by atoms with Gasteiger partial charge in [0, 0.05) is 0 Å². The Labute approximate surface area is 149 Å². The number of imidazole rings is 1. The van der Waals surface area contributed by atoms with Crippen LogP contribution in [0.3, 0.4) is 0 Å². The minimum atomic E-state index is -0.601. The lowest BCUT2D eigenvalue weighted by Crippen LogP contribution is -2.31. The van der Waals surface area contributed by atoms with E-state index in [1.165, 1.54) is 4.90 Å². The Hall–Kier alpha value is -2.66. The number of carbonyl (C=O) groups is 2. The first-order valence-electron chi connectivity index (χ1n) is 8.02. The normalized spacial score (nSPS) is 17.7. The molecule has 4 rings (SSSR count). The van der Waals surface area contributed by atoms with Crippen molar-refractivity contribution in [2.24, 2.45) is 0 Å². The van der Waals surface area contributed by atoms with Crippen LogP contribution in [-0.2, 0) is 9.59 Å². The maximum atomic E-state index is 13.0. The molecule has 1 saturated heterocycles. The fraction of sp³-hybridized carbons (Fsp3) is 0.211. The molecule has 0 spiro atoms. The predicted molar refractivity (Wildman–Crippen MR) is 96.8 cm³/mol. The number of imide groups is 1. The third-order valence-electron chi connectivity index (χ3n) is 4.74. The molecule has 0 bridgehead atoms. The van der Waals surface area contributed by atoms with E-state index in [0.717, 1.165) is 22.2 Å². The van der Waals surface area contributed by atoms with Gasteiger partial charge in [0.25, 0.3) is 5.91 Å². The smallest absolute Gasteiger partial charge is 0.257 e. The Morgan fingerprint density at radius 3 is 2.60 bits per heavy atom. The zero-order chi connectivity index (χ0) is 17.7. The molecule has 1 unspecified atom stereocenters. The summed E-state index contributed by atoms with van der Waals surface area (Å²) in [5, 5.41) is 0.381. The lowest BCUT2D eigenvalue weighted by molar-refractivity contribution is -0.122. The lowest BCUT2D eigenvalue weighted by atomic mass is 10.1. The second kappa shape index (κ2) is 5.70. The molecule has 25 heavy (non-hydrogen) atoms. The van der Waals surface area contributed by atoms with Gasteiger partial charge < -0.3 is 4.57 Å². The van der Waals surface area contributed by atoms with Crippen molar-refractivity contribution in [3.05, 3.63) is 58.9 Å². The van der Waals surface area contributed by atoms with E-state index >= 15 is 0 Å². The van der Waals surface area contributed by atoms with Crippen LogP contribution in [0.4, 0.5) is 5.69 Å². The standard InChI is InChI=1S/C19H16ClN3O2/c1-11-7-14-16(8-12(11)2)22(10-21-14)17-9-18(24)23(19(17)25)15-6-4-3-5-13(15)20/h3-8,10,17H,9H2,1-2H3. The van der Waals surface area contributed by atoms with Gasteiger partial charge in [-0.05, 0) is 49.2 Å². The summed E-state index contributed by atoms with van der Waals surface area (Å²) in [5.41, 5.74) is 4.37. The molecule has 1 aliphatic heterocycles. The molecule has 0 radical (unpaired) electrons. The molecule has 1 atom stereocenters. The number of halogens is 1. The van der Waals surface area contributed by atoms with Crippen molar-refractivity contribution in [1.82, 2.24) is 9.55 Å². The number of aromatic nitrogens is 2. The van der Waals surface area contributed by atoms with Gasteiger partial charge in [0.1, 0.15) is 6.04 Å². The number of amides is 2. The largest absolute Gasteiger partial charge is 0.317 e. The van der Waals surface area contributed by atoms with Crippen LogP contribution < -0.4 is 4.90 Å². The van der Waals surface area contributed by atoms with Gasteiger partial charge in [0.2, 0.25) is 5.91 Å². The predicted octanol–water partition coefficient (Wildman–Crippen LogP) is 3.81. The number of aryl methyl sites for hydroxylation is 2. The second-order valence-electron chi connectivity index (χ2n) is 6.32. The lowest BCUT2D eigenvalue weighted by Gasteiger charge is -2.17. The first-order valence-corrected chi connectivity index (χ1v) is 8.40. The van der Waals surface area contributed by atoms with Crippen LogP contribution in [0.5, 0.6) is 0 Å². The molecule has 0 N–H and O–H groups in total. The van der Waals surface area contributed by atoms with Crippen molar-refractivity contribution in [3.63, 3.8) is 0 Å². The second-order valence-corrected chi connectivity index (χ2v) is 6.72. The molecule has 3 aromatic rings. The third-order valence-corrected chi connectivity index (χ3v) is 5.06. The first kappa shape index (κ1) is 15.8. The summed E-state index contributed by atoms with van der Waals surface area (Å²) in [6.07, 6.45) is 1.73. The maximum Gasteiger partial charge on any atom is 0.257 e. The first-order chi connectivity index (χ1) is 12.0. The number of hydrogen-bond acceptors (Lipinski definition) is 3. The zero-order valence-corrected chi connectivity index (χ0v) is 14.6. The van der Waals surface area contributed by atoms with E-state index in [0.29, 0.717) is 10.7 Å². The monoisotopic (exact) mass is 353 g/mol. The van der Waals surface area contributed by atoms with Crippen LogP contribution in [0.2, 0.25) is 5.02 Å². The van der Waals surface area contributed by atoms with Gasteiger partial charge in [0.15, 0.2) is 0 Å². The number of nitrogens with zero attached hydrogens (tertiary/aromatic N) is 3. The number of rotatable bonds is 2. The Bertz CT molecular complexity index is 1020. The number of fused-ring (bicyclic) bond motifs is 1. The van der Waals surface area contributed by atoms with E-state index in [-0.39, 0.29) is 18.2 Å². The third kappa shape index (κ3) is 2.43. The van der Waals surface area contributed by atoms with Gasteiger partial charge in [-0.1, -0.05) is 23.7 Å². The molecular weight excluding hydrogens is 338 g/mol. The van der Waals surface area contributed by atoms with Crippen LogP contribution in [0.15, 0.2) is 42.7 Å². The highest BCUT2D eigenvalue weighted by atomic mass is 35.5. The average molecular weight is 354 g/mol. The van der Waals surface area contributed by atoms with Gasteiger partial charge in [-0.2, -0.15) is 0 Å². The van der Waals surface area contributed by atoms with Crippen LogP contribution >= 0.6 is 11.6 Å². The summed E-state index contributed by atoms with van der Waals surface area (Å²) < 4.78 is 1.79. The van der Waals surface area contributed by atoms with Gasteiger partial charge >= 0.3 is 0 Å². The van der Waals surface area contributed by atoms with E-state index < -0.39 is 6.04 Å². The van der Waals surface area contributed by atoms with E-state index in [2.05, 4.69) is 4.98 Å². The molecule has 6 heteroatoms. The average Bonchev–Trinajstić information content (AvgIpc) is 3.09. The Morgan fingerprint density at radius 2 is 1.84 bits per heavy atom. The fourth-order valence-corrected chi connectivity index (χ4v) is 3.47.